The van der Waals surface area contributed by atoms with E-state index in [0.29, 0.717) is 23.4 Å². The summed E-state index contributed by atoms with van der Waals surface area (Å²) in [5.41, 5.74) is 2.71. The highest BCUT2D eigenvalue weighted by Gasteiger charge is 2.43. The van der Waals surface area contributed by atoms with Crippen LogP contribution in [0, 0.1) is 5.92 Å². The molecule has 1 unspecified atom stereocenters. The average Bonchev–Trinajstić information content (AvgIpc) is 2.68. The molecular formula is C21H20N2O3. The second-order valence-electron chi connectivity index (χ2n) is 6.09. The number of carbonyl (C=O) groups is 2. The van der Waals surface area contributed by atoms with Crippen molar-refractivity contribution in [2.45, 2.75) is 20.3 Å². The summed E-state index contributed by atoms with van der Waals surface area (Å²) in [5, 5.41) is 12.3. The van der Waals surface area contributed by atoms with Crippen LogP contribution in [0.4, 0.5) is 5.69 Å². The van der Waals surface area contributed by atoms with Gasteiger partial charge in [0, 0.05) is 11.3 Å². The molecule has 0 fully saturated rings. The monoisotopic (exact) mass is 348 g/mol. The summed E-state index contributed by atoms with van der Waals surface area (Å²) in [6.45, 7) is 3.38. The van der Waals surface area contributed by atoms with E-state index in [9.17, 15) is 14.8 Å². The smallest absolute Gasteiger partial charge is 0.248 e. The molecule has 3 rings (SSSR count). The fourth-order valence-electron chi connectivity index (χ4n) is 3.28. The zero-order valence-electron chi connectivity index (χ0n) is 14.7. The Balaban J connectivity index is 2.30. The lowest BCUT2D eigenvalue weighted by atomic mass is 9.84. The summed E-state index contributed by atoms with van der Waals surface area (Å²) in [6, 6.07) is 18.6. The van der Waals surface area contributed by atoms with Gasteiger partial charge in [0.2, 0.25) is 5.91 Å². The van der Waals surface area contributed by atoms with Crippen LogP contribution in [0.3, 0.4) is 0 Å². The number of Topliss-reactive ketones (excluding diaryl/α,β-unsaturated/α-hetero) is 1. The maximum absolute atomic E-state index is 13.3. The lowest BCUT2D eigenvalue weighted by Crippen LogP contribution is -2.47. The van der Waals surface area contributed by atoms with Crippen LogP contribution < -0.4 is 4.90 Å². The number of rotatable bonds is 4. The molecule has 5 heteroatoms. The molecule has 132 valence electrons. The zero-order valence-corrected chi connectivity index (χ0v) is 14.7. The number of benzene rings is 2. The first-order valence-electron chi connectivity index (χ1n) is 8.50. The number of allylic oxidation sites excluding steroid dienone is 1. The van der Waals surface area contributed by atoms with Crippen molar-refractivity contribution in [1.29, 1.82) is 0 Å². The third-order valence-corrected chi connectivity index (χ3v) is 4.53. The predicted molar refractivity (Wildman–Crippen MR) is 101 cm³/mol. The second kappa shape index (κ2) is 7.35. The van der Waals surface area contributed by atoms with Crippen molar-refractivity contribution in [3.63, 3.8) is 0 Å². The number of hydrogen-bond donors (Lipinski definition) is 1. The van der Waals surface area contributed by atoms with E-state index in [-0.39, 0.29) is 11.5 Å². The Morgan fingerprint density at radius 2 is 1.62 bits per heavy atom. The van der Waals surface area contributed by atoms with Gasteiger partial charge < -0.3 is 5.21 Å². The second-order valence-corrected chi connectivity index (χ2v) is 6.09. The van der Waals surface area contributed by atoms with Crippen LogP contribution in [0.5, 0.6) is 0 Å². The van der Waals surface area contributed by atoms with Gasteiger partial charge in [-0.2, -0.15) is 0 Å². The third kappa shape index (κ3) is 2.92. The van der Waals surface area contributed by atoms with Gasteiger partial charge >= 0.3 is 0 Å². The number of ketones is 1. The first-order valence-corrected chi connectivity index (χ1v) is 8.50. The van der Waals surface area contributed by atoms with Crippen molar-refractivity contribution in [1.82, 2.24) is 0 Å². The normalized spacial score (nSPS) is 18.5. The number of oxime groups is 1. The van der Waals surface area contributed by atoms with E-state index in [2.05, 4.69) is 5.16 Å². The molecule has 0 bridgehead atoms. The zero-order chi connectivity index (χ0) is 18.7. The highest BCUT2D eigenvalue weighted by molar-refractivity contribution is 6.34. The van der Waals surface area contributed by atoms with E-state index in [4.69, 9.17) is 0 Å². The molecule has 0 aliphatic carbocycles. The molecule has 1 aliphatic rings. The largest absolute Gasteiger partial charge is 0.411 e. The Hall–Kier alpha value is -3.21. The van der Waals surface area contributed by atoms with Crippen LogP contribution in [-0.2, 0) is 9.59 Å². The van der Waals surface area contributed by atoms with Crippen molar-refractivity contribution in [2.75, 3.05) is 4.90 Å². The summed E-state index contributed by atoms with van der Waals surface area (Å²) in [5.74, 6) is -1.82. The summed E-state index contributed by atoms with van der Waals surface area (Å²) >= 11 is 0. The first kappa shape index (κ1) is 17.6. The van der Waals surface area contributed by atoms with Gasteiger partial charge in [-0.3, -0.25) is 14.5 Å². The molecule has 2 aromatic carbocycles. The molecule has 1 atom stereocenters. The molecule has 1 amide bonds. The van der Waals surface area contributed by atoms with Crippen molar-refractivity contribution in [3.05, 3.63) is 71.8 Å². The van der Waals surface area contributed by atoms with Crippen molar-refractivity contribution in [3.8, 4) is 0 Å². The fourth-order valence-corrected chi connectivity index (χ4v) is 3.28. The molecule has 26 heavy (non-hydrogen) atoms. The lowest BCUT2D eigenvalue weighted by molar-refractivity contribution is -0.128. The van der Waals surface area contributed by atoms with Gasteiger partial charge in [0.05, 0.1) is 11.4 Å². The summed E-state index contributed by atoms with van der Waals surface area (Å²) in [6.07, 6.45) is 0.467. The van der Waals surface area contributed by atoms with Crippen LogP contribution in [0.2, 0.25) is 0 Å². The average molecular weight is 348 g/mol. The third-order valence-electron chi connectivity index (χ3n) is 4.53. The van der Waals surface area contributed by atoms with E-state index in [0.717, 1.165) is 5.56 Å². The lowest BCUT2D eigenvalue weighted by Gasteiger charge is -2.35. The van der Waals surface area contributed by atoms with Crippen LogP contribution in [0.15, 0.2) is 71.4 Å². The van der Waals surface area contributed by atoms with E-state index >= 15 is 0 Å². The minimum absolute atomic E-state index is 0.0963. The minimum Gasteiger partial charge on any atom is -0.411 e. The van der Waals surface area contributed by atoms with Crippen LogP contribution in [0.25, 0.3) is 5.70 Å². The molecule has 2 aromatic rings. The molecule has 0 radical (unpaired) electrons. The van der Waals surface area contributed by atoms with Gasteiger partial charge in [-0.15, -0.1) is 0 Å². The molecule has 0 saturated heterocycles. The highest BCUT2D eigenvalue weighted by atomic mass is 16.4. The molecule has 1 N–H and O–H groups in total. The minimum atomic E-state index is -1.11. The van der Waals surface area contributed by atoms with Gasteiger partial charge in [-0.25, -0.2) is 0 Å². The summed E-state index contributed by atoms with van der Waals surface area (Å²) in [4.78, 5) is 27.9. The Kier molecular flexibility index (Phi) is 4.98. The summed E-state index contributed by atoms with van der Waals surface area (Å²) in [7, 11) is 0. The Morgan fingerprint density at radius 3 is 2.15 bits per heavy atom. The number of hydrogen-bond acceptors (Lipinski definition) is 4. The maximum Gasteiger partial charge on any atom is 0.248 e. The van der Waals surface area contributed by atoms with Crippen molar-refractivity contribution in [2.24, 2.45) is 11.1 Å². The fraction of sp³-hybridized carbons (Fsp3) is 0.190. The van der Waals surface area contributed by atoms with Gasteiger partial charge in [0.25, 0.3) is 0 Å². The molecule has 0 aromatic heterocycles. The van der Waals surface area contributed by atoms with Crippen molar-refractivity contribution < 1.29 is 14.8 Å². The summed E-state index contributed by atoms with van der Waals surface area (Å²) < 4.78 is 0. The van der Waals surface area contributed by atoms with E-state index in [1.54, 1.807) is 4.90 Å². The molecular weight excluding hydrogens is 328 g/mol. The number of carbonyl (C=O) groups excluding carboxylic acids is 2. The van der Waals surface area contributed by atoms with Crippen molar-refractivity contribution >= 4 is 28.8 Å². The van der Waals surface area contributed by atoms with Gasteiger partial charge in [-0.05, 0) is 31.0 Å². The first-order chi connectivity index (χ1) is 12.6. The number of amides is 1. The number of nitrogens with zero attached hydrogens (tertiary/aromatic N) is 2. The Morgan fingerprint density at radius 1 is 1.04 bits per heavy atom. The Labute approximate surface area is 152 Å². The molecule has 1 heterocycles. The Bertz CT molecular complexity index is 886. The van der Waals surface area contributed by atoms with Gasteiger partial charge in [0.1, 0.15) is 5.92 Å². The van der Waals surface area contributed by atoms with Crippen LogP contribution in [-0.4, -0.2) is 22.6 Å². The van der Waals surface area contributed by atoms with E-state index < -0.39 is 11.8 Å². The van der Waals surface area contributed by atoms with E-state index in [1.165, 1.54) is 6.92 Å². The SMILES string of the molecule is CCC1=C(c2ccccc2)N(c2ccccc2)C(=O)C(/C(C)=N\O)C1=O. The number of anilines is 1. The quantitative estimate of drug-likeness (QED) is 0.394. The van der Waals surface area contributed by atoms with Gasteiger partial charge in [-0.1, -0.05) is 60.6 Å². The maximum atomic E-state index is 13.3. The molecule has 1 aliphatic heterocycles. The topological polar surface area (TPSA) is 70.0 Å². The molecule has 5 nitrogen and oxygen atoms in total. The molecule has 0 spiro atoms. The van der Waals surface area contributed by atoms with E-state index in [1.807, 2.05) is 67.6 Å². The predicted octanol–water partition coefficient (Wildman–Crippen LogP) is 3.89. The van der Waals surface area contributed by atoms with Crippen LogP contribution in [0.1, 0.15) is 25.8 Å². The highest BCUT2D eigenvalue weighted by Crippen LogP contribution is 2.37. The molecule has 0 saturated carbocycles. The van der Waals surface area contributed by atoms with Gasteiger partial charge in [0.15, 0.2) is 5.78 Å². The standard InChI is InChI=1S/C21H20N2O3/c1-3-17-19(15-10-6-4-7-11-15)23(16-12-8-5-9-13-16)21(25)18(20(17)24)14(2)22-26/h4-13,18,26H,3H2,1-2H3/b22-14-. The van der Waals surface area contributed by atoms with Crippen LogP contribution >= 0.6 is 0 Å². The number of para-hydroxylation sites is 1.